The van der Waals surface area contributed by atoms with Crippen molar-refractivity contribution in [1.82, 2.24) is 4.72 Å². The summed E-state index contributed by atoms with van der Waals surface area (Å²) in [4.78, 5) is 10.1. The number of hydrogen-bond acceptors (Lipinski definition) is 2. The molecule has 0 aliphatic rings. The van der Waals surface area contributed by atoms with Gasteiger partial charge in [-0.05, 0) is 0 Å². The second kappa shape index (κ2) is 3.49. The maximum Gasteiger partial charge on any atom is 0.289 e. The Balaban J connectivity index is 3.49. The lowest BCUT2D eigenvalue weighted by molar-refractivity contribution is -0.117. The van der Waals surface area contributed by atoms with Crippen LogP contribution in [-0.2, 0) is 4.79 Å². The molecule has 0 bridgehead atoms. The molecule has 0 atom stereocenters. The van der Waals surface area contributed by atoms with Gasteiger partial charge in [0.05, 0.1) is 0 Å². The van der Waals surface area contributed by atoms with E-state index in [2.05, 4.69) is 11.3 Å². The van der Waals surface area contributed by atoms with E-state index in [-0.39, 0.29) is 0 Å². The van der Waals surface area contributed by atoms with E-state index >= 15 is 0 Å². The third kappa shape index (κ3) is 2.63. The van der Waals surface area contributed by atoms with Gasteiger partial charge in [0.15, 0.2) is 5.83 Å². The van der Waals surface area contributed by atoms with Gasteiger partial charge >= 0.3 is 0 Å². The fraction of sp³-hybridized carbons (Fsp3) is 0.250. The average molecular weight is 135 g/mol. The van der Waals surface area contributed by atoms with Crippen molar-refractivity contribution in [2.45, 2.75) is 0 Å². The van der Waals surface area contributed by atoms with E-state index in [1.54, 1.807) is 6.26 Å². The lowest BCUT2D eigenvalue weighted by atomic mass is 10.6. The van der Waals surface area contributed by atoms with Crippen LogP contribution in [0.25, 0.3) is 0 Å². The van der Waals surface area contributed by atoms with Crippen molar-refractivity contribution in [3.63, 3.8) is 0 Å². The predicted octanol–water partition coefficient (Wildman–Crippen LogP) is 0.864. The highest BCUT2D eigenvalue weighted by Gasteiger charge is 2.01. The maximum absolute atomic E-state index is 11.7. The molecule has 46 valence electrons. The Bertz CT molecular complexity index is 115. The van der Waals surface area contributed by atoms with Crippen LogP contribution in [0.3, 0.4) is 0 Å². The van der Waals surface area contributed by atoms with Gasteiger partial charge in [-0.2, -0.15) is 0 Å². The molecule has 0 aliphatic carbocycles. The van der Waals surface area contributed by atoms with Crippen LogP contribution in [0, 0.1) is 0 Å². The minimum atomic E-state index is -0.959. The van der Waals surface area contributed by atoms with Crippen LogP contribution in [0.5, 0.6) is 0 Å². The molecule has 0 fully saturated rings. The second-order valence-electron chi connectivity index (χ2n) is 1.04. The molecule has 0 saturated heterocycles. The lowest BCUT2D eigenvalue weighted by Crippen LogP contribution is -2.14. The van der Waals surface area contributed by atoms with Crippen molar-refractivity contribution in [3.05, 3.63) is 12.4 Å². The number of hydrogen-bond donors (Lipinski definition) is 1. The predicted molar refractivity (Wildman–Crippen MR) is 31.9 cm³/mol. The molecular formula is C4H6FNOS. The Morgan fingerprint density at radius 2 is 2.38 bits per heavy atom. The second-order valence-corrected chi connectivity index (χ2v) is 1.65. The Morgan fingerprint density at radius 3 is 2.50 bits per heavy atom. The van der Waals surface area contributed by atoms with Crippen LogP contribution >= 0.6 is 11.9 Å². The molecule has 0 aromatic heterocycles. The zero-order valence-corrected chi connectivity index (χ0v) is 5.22. The molecule has 8 heavy (non-hydrogen) atoms. The normalized spacial score (nSPS) is 8.25. The molecule has 4 heteroatoms. The maximum atomic E-state index is 11.7. The molecule has 0 spiro atoms. The van der Waals surface area contributed by atoms with Crippen molar-refractivity contribution >= 4 is 17.9 Å². The molecule has 0 heterocycles. The highest BCUT2D eigenvalue weighted by atomic mass is 32.2. The van der Waals surface area contributed by atoms with Crippen LogP contribution < -0.4 is 4.72 Å². The molecule has 1 amide bonds. The van der Waals surface area contributed by atoms with Crippen molar-refractivity contribution in [1.29, 1.82) is 0 Å². The van der Waals surface area contributed by atoms with Crippen molar-refractivity contribution < 1.29 is 9.18 Å². The highest BCUT2D eigenvalue weighted by Crippen LogP contribution is 1.92. The largest absolute Gasteiger partial charge is 0.294 e. The van der Waals surface area contributed by atoms with Crippen molar-refractivity contribution in [3.8, 4) is 0 Å². The highest BCUT2D eigenvalue weighted by molar-refractivity contribution is 7.97. The summed E-state index contributed by atoms with van der Waals surface area (Å²) < 4.78 is 13.8. The third-order valence-corrected chi connectivity index (χ3v) is 0.831. The van der Waals surface area contributed by atoms with Crippen LogP contribution in [0.15, 0.2) is 12.4 Å². The first-order valence-electron chi connectivity index (χ1n) is 1.86. The molecule has 0 unspecified atom stereocenters. The van der Waals surface area contributed by atoms with Crippen molar-refractivity contribution in [2.75, 3.05) is 6.26 Å². The Kier molecular flexibility index (Phi) is 3.26. The number of nitrogens with one attached hydrogen (secondary N) is 1. The minimum Gasteiger partial charge on any atom is -0.294 e. The Morgan fingerprint density at radius 1 is 1.88 bits per heavy atom. The van der Waals surface area contributed by atoms with E-state index < -0.39 is 11.7 Å². The summed E-state index contributed by atoms with van der Waals surface area (Å²) in [6.07, 6.45) is 1.63. The van der Waals surface area contributed by atoms with E-state index in [1.165, 1.54) is 0 Å². The molecule has 0 rings (SSSR count). The zero-order valence-electron chi connectivity index (χ0n) is 4.40. The summed E-state index contributed by atoms with van der Waals surface area (Å²) in [6, 6.07) is 0. The summed E-state index contributed by atoms with van der Waals surface area (Å²) in [6.45, 7) is 2.78. The van der Waals surface area contributed by atoms with Gasteiger partial charge in [0.25, 0.3) is 5.91 Å². The molecule has 2 nitrogen and oxygen atoms in total. The molecule has 0 aromatic rings. The molecule has 0 radical (unpaired) electrons. The van der Waals surface area contributed by atoms with Gasteiger partial charge in [-0.25, -0.2) is 4.39 Å². The SMILES string of the molecule is C=C(F)C(=O)NSC. The van der Waals surface area contributed by atoms with Gasteiger partial charge in [-0.15, -0.1) is 0 Å². The van der Waals surface area contributed by atoms with Crippen LogP contribution in [0.1, 0.15) is 0 Å². The standard InChI is InChI=1S/C4H6FNOS/c1-3(5)4(7)6-8-2/h1H2,2H3,(H,6,7). The minimum absolute atomic E-state index is 0.766. The number of rotatable bonds is 2. The van der Waals surface area contributed by atoms with E-state index in [0.29, 0.717) is 0 Å². The summed E-state index contributed by atoms with van der Waals surface area (Å²) in [5.41, 5.74) is 0. The fourth-order valence-corrected chi connectivity index (χ4v) is 0.444. The topological polar surface area (TPSA) is 29.1 Å². The summed E-state index contributed by atoms with van der Waals surface area (Å²) in [7, 11) is 0. The summed E-state index contributed by atoms with van der Waals surface area (Å²) in [5, 5.41) is 0. The number of amides is 1. The van der Waals surface area contributed by atoms with Gasteiger partial charge in [0.1, 0.15) is 0 Å². The first-order chi connectivity index (χ1) is 3.68. The first kappa shape index (κ1) is 7.49. The molecular weight excluding hydrogens is 129 g/mol. The Hall–Kier alpha value is -0.510. The number of halogens is 1. The van der Waals surface area contributed by atoms with E-state index in [1.807, 2.05) is 0 Å². The van der Waals surface area contributed by atoms with Crippen LogP contribution in [-0.4, -0.2) is 12.2 Å². The van der Waals surface area contributed by atoms with Gasteiger partial charge < -0.3 is 0 Å². The zero-order chi connectivity index (χ0) is 6.57. The van der Waals surface area contributed by atoms with Gasteiger partial charge in [-0.3, -0.25) is 9.52 Å². The Labute approximate surface area is 51.3 Å². The quantitative estimate of drug-likeness (QED) is 0.449. The smallest absolute Gasteiger partial charge is 0.289 e. The first-order valence-corrected chi connectivity index (χ1v) is 3.08. The molecule has 0 aromatic carbocycles. The van der Waals surface area contributed by atoms with Crippen molar-refractivity contribution in [2.24, 2.45) is 0 Å². The lowest BCUT2D eigenvalue weighted by Gasteiger charge is -1.93. The van der Waals surface area contributed by atoms with E-state index in [4.69, 9.17) is 0 Å². The third-order valence-electron chi connectivity index (χ3n) is 0.441. The monoisotopic (exact) mass is 135 g/mol. The molecule has 0 saturated carbocycles. The van der Waals surface area contributed by atoms with Crippen LogP contribution in [0.2, 0.25) is 0 Å². The van der Waals surface area contributed by atoms with Crippen LogP contribution in [0.4, 0.5) is 4.39 Å². The number of carbonyl (C=O) groups excluding carboxylic acids is 1. The molecule has 0 aliphatic heterocycles. The summed E-state index contributed by atoms with van der Waals surface area (Å²) in [5.74, 6) is -1.73. The van der Waals surface area contributed by atoms with Gasteiger partial charge in [0.2, 0.25) is 0 Å². The van der Waals surface area contributed by atoms with E-state index in [9.17, 15) is 9.18 Å². The van der Waals surface area contributed by atoms with Gasteiger partial charge in [0, 0.05) is 6.26 Å². The van der Waals surface area contributed by atoms with Gasteiger partial charge in [-0.1, -0.05) is 18.5 Å². The molecule has 1 N–H and O–H groups in total. The fourth-order valence-electron chi connectivity index (χ4n) is 0.148. The average Bonchev–Trinajstić information content (AvgIpc) is 1.67. The van der Waals surface area contributed by atoms with E-state index in [0.717, 1.165) is 11.9 Å². The number of carbonyl (C=O) groups is 1. The summed E-state index contributed by atoms with van der Waals surface area (Å²) >= 11 is 1.04.